The molecular weight excluding hydrogens is 222 g/mol. The smallest absolute Gasteiger partial charge is 0.0811 e. The van der Waals surface area contributed by atoms with Crippen molar-refractivity contribution in [2.45, 2.75) is 89.4 Å². The van der Waals surface area contributed by atoms with Crippen molar-refractivity contribution in [2.24, 2.45) is 5.41 Å². The summed E-state index contributed by atoms with van der Waals surface area (Å²) in [6, 6.07) is 0.646. The number of rotatable bonds is 0. The molecule has 1 saturated heterocycles. The minimum Gasteiger partial charge on any atom is -0.369 e. The van der Waals surface area contributed by atoms with Gasteiger partial charge in [-0.3, -0.25) is 0 Å². The van der Waals surface area contributed by atoms with Crippen molar-refractivity contribution in [3.63, 3.8) is 0 Å². The van der Waals surface area contributed by atoms with E-state index in [-0.39, 0.29) is 5.60 Å². The SMILES string of the molecule is CC1(C)CCC2(CC1)CNC1CCCCCC1O2. The summed E-state index contributed by atoms with van der Waals surface area (Å²) in [7, 11) is 0. The largest absolute Gasteiger partial charge is 0.369 e. The van der Waals surface area contributed by atoms with Crippen molar-refractivity contribution in [3.05, 3.63) is 0 Å². The molecule has 18 heavy (non-hydrogen) atoms. The first-order chi connectivity index (χ1) is 8.59. The topological polar surface area (TPSA) is 21.3 Å². The maximum Gasteiger partial charge on any atom is 0.0811 e. The summed E-state index contributed by atoms with van der Waals surface area (Å²) in [6.07, 6.45) is 12.4. The van der Waals surface area contributed by atoms with Crippen molar-refractivity contribution in [1.82, 2.24) is 5.32 Å². The van der Waals surface area contributed by atoms with Gasteiger partial charge in [-0.1, -0.05) is 33.1 Å². The Hall–Kier alpha value is -0.0800. The number of hydrogen-bond donors (Lipinski definition) is 1. The van der Waals surface area contributed by atoms with Gasteiger partial charge >= 0.3 is 0 Å². The van der Waals surface area contributed by atoms with Crippen LogP contribution in [0, 0.1) is 5.41 Å². The quantitative estimate of drug-likeness (QED) is 0.709. The number of nitrogens with one attached hydrogen (secondary N) is 1. The molecule has 0 aromatic heterocycles. The Morgan fingerprint density at radius 2 is 1.67 bits per heavy atom. The zero-order valence-corrected chi connectivity index (χ0v) is 12.1. The third kappa shape index (κ3) is 2.60. The second-order valence-corrected chi connectivity index (χ2v) is 7.63. The van der Waals surface area contributed by atoms with Gasteiger partial charge in [0.1, 0.15) is 0 Å². The molecular formula is C16H29NO. The van der Waals surface area contributed by atoms with Gasteiger partial charge < -0.3 is 10.1 Å². The van der Waals surface area contributed by atoms with Gasteiger partial charge in [-0.2, -0.15) is 0 Å². The number of fused-ring (bicyclic) bond motifs is 1. The lowest BCUT2D eigenvalue weighted by Crippen LogP contribution is -2.60. The first-order valence-electron chi connectivity index (χ1n) is 8.00. The zero-order chi connectivity index (χ0) is 12.6. The van der Waals surface area contributed by atoms with Crippen LogP contribution in [0.1, 0.15) is 71.6 Å². The molecule has 2 nitrogen and oxygen atoms in total. The molecule has 2 saturated carbocycles. The van der Waals surface area contributed by atoms with Gasteiger partial charge in [0.15, 0.2) is 0 Å². The molecule has 3 rings (SSSR count). The standard InChI is InChI=1S/C16H29NO/c1-15(2)8-10-16(11-9-15)12-17-13-6-4-3-5-7-14(13)18-16/h13-14,17H,3-12H2,1-2H3. The second kappa shape index (κ2) is 4.79. The molecule has 1 N–H and O–H groups in total. The molecule has 3 fully saturated rings. The maximum atomic E-state index is 6.63. The van der Waals surface area contributed by atoms with Crippen LogP contribution in [-0.2, 0) is 4.74 Å². The van der Waals surface area contributed by atoms with Gasteiger partial charge in [-0.25, -0.2) is 0 Å². The summed E-state index contributed by atoms with van der Waals surface area (Å²) < 4.78 is 6.63. The van der Waals surface area contributed by atoms with Crippen LogP contribution in [0.4, 0.5) is 0 Å². The Morgan fingerprint density at radius 3 is 2.44 bits per heavy atom. The van der Waals surface area contributed by atoms with Gasteiger partial charge in [0.2, 0.25) is 0 Å². The van der Waals surface area contributed by atoms with Crippen LogP contribution in [-0.4, -0.2) is 24.3 Å². The third-order valence-electron chi connectivity index (χ3n) is 5.56. The lowest BCUT2D eigenvalue weighted by molar-refractivity contribution is -0.162. The lowest BCUT2D eigenvalue weighted by atomic mass is 9.70. The fourth-order valence-corrected chi connectivity index (χ4v) is 4.01. The average Bonchev–Trinajstić information content (AvgIpc) is 2.58. The fourth-order valence-electron chi connectivity index (χ4n) is 4.01. The number of ether oxygens (including phenoxy) is 1. The van der Waals surface area contributed by atoms with Crippen molar-refractivity contribution in [2.75, 3.05) is 6.54 Å². The van der Waals surface area contributed by atoms with Crippen LogP contribution >= 0.6 is 0 Å². The van der Waals surface area contributed by atoms with Crippen LogP contribution in [0.15, 0.2) is 0 Å². The van der Waals surface area contributed by atoms with Crippen molar-refractivity contribution >= 4 is 0 Å². The van der Waals surface area contributed by atoms with Crippen molar-refractivity contribution < 1.29 is 4.74 Å². The molecule has 0 bridgehead atoms. The Bertz CT molecular complexity index is 289. The minimum absolute atomic E-state index is 0.182. The van der Waals surface area contributed by atoms with E-state index < -0.39 is 0 Å². The summed E-state index contributed by atoms with van der Waals surface area (Å²) >= 11 is 0. The first-order valence-corrected chi connectivity index (χ1v) is 8.00. The van der Waals surface area contributed by atoms with Gasteiger partial charge in [0.05, 0.1) is 11.7 Å². The van der Waals surface area contributed by atoms with Gasteiger partial charge in [0.25, 0.3) is 0 Å². The number of hydrogen-bond acceptors (Lipinski definition) is 2. The van der Waals surface area contributed by atoms with E-state index in [0.717, 1.165) is 6.54 Å². The number of morpholine rings is 1. The van der Waals surface area contributed by atoms with Crippen molar-refractivity contribution in [1.29, 1.82) is 0 Å². The Kier molecular flexibility index (Phi) is 3.44. The lowest BCUT2D eigenvalue weighted by Gasteiger charge is -2.50. The van der Waals surface area contributed by atoms with Gasteiger partial charge in [-0.05, 0) is 43.9 Å². The Labute approximate surface area is 112 Å². The summed E-state index contributed by atoms with van der Waals surface area (Å²) in [4.78, 5) is 0. The normalized spacial score (nSPS) is 39.0. The minimum atomic E-state index is 0.182. The van der Waals surface area contributed by atoms with E-state index in [9.17, 15) is 0 Å². The molecule has 1 aliphatic heterocycles. The van der Waals surface area contributed by atoms with Crippen molar-refractivity contribution in [3.8, 4) is 0 Å². The van der Waals surface area contributed by atoms with E-state index in [2.05, 4.69) is 19.2 Å². The van der Waals surface area contributed by atoms with Crippen LogP contribution < -0.4 is 5.32 Å². The molecule has 2 aliphatic carbocycles. The zero-order valence-electron chi connectivity index (χ0n) is 12.1. The van der Waals surface area contributed by atoms with Crippen LogP contribution in [0.3, 0.4) is 0 Å². The molecule has 1 spiro atoms. The molecule has 0 aromatic rings. The summed E-state index contributed by atoms with van der Waals surface area (Å²) in [5.74, 6) is 0. The van der Waals surface area contributed by atoms with E-state index >= 15 is 0 Å². The van der Waals surface area contributed by atoms with Crippen LogP contribution in [0.2, 0.25) is 0 Å². The molecule has 2 unspecified atom stereocenters. The first kappa shape index (κ1) is 12.9. The highest BCUT2D eigenvalue weighted by molar-refractivity contribution is 4.98. The predicted molar refractivity (Wildman–Crippen MR) is 74.7 cm³/mol. The Morgan fingerprint density at radius 1 is 0.944 bits per heavy atom. The van der Waals surface area contributed by atoms with E-state index in [1.807, 2.05) is 0 Å². The molecule has 0 aromatic carbocycles. The van der Waals surface area contributed by atoms with Crippen LogP contribution in [0.5, 0.6) is 0 Å². The average molecular weight is 251 g/mol. The molecule has 1 heterocycles. The van der Waals surface area contributed by atoms with Gasteiger partial charge in [0, 0.05) is 12.6 Å². The summed E-state index contributed by atoms with van der Waals surface area (Å²) in [5.41, 5.74) is 0.718. The molecule has 2 heteroatoms. The second-order valence-electron chi connectivity index (χ2n) is 7.63. The highest BCUT2D eigenvalue weighted by Crippen LogP contribution is 2.44. The highest BCUT2D eigenvalue weighted by atomic mass is 16.5. The third-order valence-corrected chi connectivity index (χ3v) is 5.56. The van der Waals surface area contributed by atoms with E-state index in [1.54, 1.807) is 0 Å². The van der Waals surface area contributed by atoms with E-state index in [0.29, 0.717) is 17.6 Å². The molecule has 3 aliphatic rings. The predicted octanol–water partition coefficient (Wildman–Crippen LogP) is 3.65. The monoisotopic (exact) mass is 251 g/mol. The fraction of sp³-hybridized carbons (Fsp3) is 1.00. The van der Waals surface area contributed by atoms with Gasteiger partial charge in [-0.15, -0.1) is 0 Å². The molecule has 0 radical (unpaired) electrons. The molecule has 0 amide bonds. The molecule has 104 valence electrons. The summed E-state index contributed by atoms with van der Waals surface area (Å²) in [5, 5.41) is 3.82. The summed E-state index contributed by atoms with van der Waals surface area (Å²) in [6.45, 7) is 5.92. The van der Waals surface area contributed by atoms with E-state index in [4.69, 9.17) is 4.74 Å². The Balaban J connectivity index is 1.65. The van der Waals surface area contributed by atoms with Crippen LogP contribution in [0.25, 0.3) is 0 Å². The highest BCUT2D eigenvalue weighted by Gasteiger charge is 2.45. The van der Waals surface area contributed by atoms with E-state index in [1.165, 1.54) is 57.8 Å². The maximum absolute atomic E-state index is 6.63. The molecule has 2 atom stereocenters.